The van der Waals surface area contributed by atoms with E-state index in [1.165, 1.54) is 9.80 Å². The van der Waals surface area contributed by atoms with Crippen LogP contribution in [0.3, 0.4) is 0 Å². The summed E-state index contributed by atoms with van der Waals surface area (Å²) in [6.07, 6.45) is 0.729. The first-order chi connectivity index (χ1) is 15.0. The molecule has 0 saturated carbocycles. The lowest BCUT2D eigenvalue weighted by molar-refractivity contribution is -0.908. The zero-order valence-corrected chi connectivity index (χ0v) is 18.2. The highest BCUT2D eigenvalue weighted by molar-refractivity contribution is 6.44. The molecule has 0 spiro atoms. The quantitative estimate of drug-likeness (QED) is 0.397. The van der Waals surface area contributed by atoms with Gasteiger partial charge in [0.1, 0.15) is 36.6 Å². The van der Waals surface area contributed by atoms with Gasteiger partial charge in [0.15, 0.2) is 5.78 Å². The van der Waals surface area contributed by atoms with Crippen molar-refractivity contribution in [2.24, 2.45) is 5.92 Å². The van der Waals surface area contributed by atoms with Crippen LogP contribution >= 0.6 is 11.6 Å². The Bertz CT molecular complexity index is 965. The molecule has 1 N–H and O–H groups in total. The number of Topliss-reactive ketones (excluding diaryl/α,β-unsaturated/α-hetero) is 2. The normalized spacial score (nSPS) is 22.3. The highest BCUT2D eigenvalue weighted by atomic mass is 35.5. The Kier molecular flexibility index (Phi) is 6.55. The standard InChI is InChI=1S/C23H25ClN2O5/c1-15-3-8-18(31-15)20-19(21(27)16-4-6-17(24)7-5-16)22(28)23(29)26(20)10-2-9-25-11-13-30-14-12-25/h3-8,19-20H,2,9-14H2,1H3/p+1. The lowest BCUT2D eigenvalue weighted by Crippen LogP contribution is -3.14. The molecule has 31 heavy (non-hydrogen) atoms. The topological polar surface area (TPSA) is 81.3 Å². The van der Waals surface area contributed by atoms with Crippen LogP contribution in [0.2, 0.25) is 5.02 Å². The first-order valence-electron chi connectivity index (χ1n) is 10.6. The van der Waals surface area contributed by atoms with E-state index in [1.54, 1.807) is 43.3 Å². The summed E-state index contributed by atoms with van der Waals surface area (Å²) in [7, 11) is 0. The first-order valence-corrected chi connectivity index (χ1v) is 11.0. The molecule has 4 rings (SSSR count). The number of furan rings is 1. The number of nitrogens with one attached hydrogen (secondary N) is 1. The number of hydrogen-bond donors (Lipinski definition) is 1. The number of benzene rings is 1. The number of rotatable bonds is 7. The molecule has 2 unspecified atom stereocenters. The number of morpholine rings is 1. The summed E-state index contributed by atoms with van der Waals surface area (Å²) < 4.78 is 11.2. The lowest BCUT2D eigenvalue weighted by atomic mass is 9.89. The Morgan fingerprint density at radius 2 is 1.84 bits per heavy atom. The number of aryl methyl sites for hydroxylation is 1. The van der Waals surface area contributed by atoms with Gasteiger partial charge in [0.05, 0.1) is 19.8 Å². The molecule has 1 amide bonds. The van der Waals surface area contributed by atoms with Crippen molar-refractivity contribution < 1.29 is 28.4 Å². The molecule has 3 heterocycles. The summed E-state index contributed by atoms with van der Waals surface area (Å²) in [5.74, 6) is -1.70. The van der Waals surface area contributed by atoms with E-state index >= 15 is 0 Å². The molecule has 2 aliphatic heterocycles. The smallest absolute Gasteiger partial charge is 0.291 e. The molecule has 0 bridgehead atoms. The number of nitrogens with zero attached hydrogens (tertiary/aromatic N) is 1. The molecule has 164 valence electrons. The number of hydrogen-bond acceptors (Lipinski definition) is 5. The molecule has 8 heteroatoms. The monoisotopic (exact) mass is 445 g/mol. The van der Waals surface area contributed by atoms with Gasteiger partial charge in [0, 0.05) is 23.6 Å². The number of ether oxygens (including phenoxy) is 1. The van der Waals surface area contributed by atoms with Crippen molar-refractivity contribution in [2.45, 2.75) is 19.4 Å². The second-order valence-corrected chi connectivity index (χ2v) is 8.51. The van der Waals surface area contributed by atoms with Crippen LogP contribution in [0.1, 0.15) is 34.3 Å². The second-order valence-electron chi connectivity index (χ2n) is 8.07. The van der Waals surface area contributed by atoms with E-state index in [0.717, 1.165) is 39.3 Å². The average molecular weight is 446 g/mol. The molecule has 0 aliphatic carbocycles. The summed E-state index contributed by atoms with van der Waals surface area (Å²) in [4.78, 5) is 42.1. The summed E-state index contributed by atoms with van der Waals surface area (Å²) in [6.45, 7) is 6.41. The molecule has 1 aromatic heterocycles. The van der Waals surface area contributed by atoms with Crippen molar-refractivity contribution in [3.05, 3.63) is 58.5 Å². The number of ketones is 2. The molecule has 2 atom stereocenters. The van der Waals surface area contributed by atoms with Gasteiger partial charge in [-0.05, 0) is 43.3 Å². The van der Waals surface area contributed by atoms with Crippen molar-refractivity contribution in [1.82, 2.24) is 4.90 Å². The van der Waals surface area contributed by atoms with Crippen LogP contribution in [0.4, 0.5) is 0 Å². The Balaban J connectivity index is 1.57. The average Bonchev–Trinajstić information content (AvgIpc) is 3.30. The minimum Gasteiger partial charge on any atom is -0.464 e. The number of carbonyl (C=O) groups is 3. The summed E-state index contributed by atoms with van der Waals surface area (Å²) in [5, 5.41) is 0.496. The molecule has 7 nitrogen and oxygen atoms in total. The Morgan fingerprint density at radius 3 is 2.48 bits per heavy atom. The molecular weight excluding hydrogens is 420 g/mol. The third kappa shape index (κ3) is 4.59. The maximum atomic E-state index is 13.3. The van der Waals surface area contributed by atoms with Gasteiger partial charge in [0.25, 0.3) is 5.91 Å². The minimum absolute atomic E-state index is 0.350. The first kappa shape index (κ1) is 21.7. The van der Waals surface area contributed by atoms with Crippen LogP contribution in [-0.4, -0.2) is 61.8 Å². The van der Waals surface area contributed by atoms with Gasteiger partial charge in [-0.25, -0.2) is 0 Å². The van der Waals surface area contributed by atoms with Crippen LogP contribution in [-0.2, 0) is 14.3 Å². The predicted octanol–water partition coefficient (Wildman–Crippen LogP) is 1.50. The lowest BCUT2D eigenvalue weighted by Gasteiger charge is -2.27. The van der Waals surface area contributed by atoms with Crippen LogP contribution in [0.15, 0.2) is 40.8 Å². The molecule has 1 aromatic carbocycles. The Hall–Kier alpha value is -2.48. The van der Waals surface area contributed by atoms with Gasteiger partial charge in [0.2, 0.25) is 5.78 Å². The van der Waals surface area contributed by atoms with E-state index in [0.29, 0.717) is 28.7 Å². The van der Waals surface area contributed by atoms with Crippen molar-refractivity contribution in [3.8, 4) is 0 Å². The zero-order valence-electron chi connectivity index (χ0n) is 17.4. The van der Waals surface area contributed by atoms with Gasteiger partial charge < -0.3 is 19.0 Å². The number of likely N-dealkylation sites (tertiary alicyclic amines) is 1. The molecule has 2 aliphatic rings. The maximum Gasteiger partial charge on any atom is 0.291 e. The van der Waals surface area contributed by atoms with Crippen LogP contribution in [0.5, 0.6) is 0 Å². The van der Waals surface area contributed by atoms with Crippen molar-refractivity contribution in [2.75, 3.05) is 39.4 Å². The van der Waals surface area contributed by atoms with E-state index in [4.69, 9.17) is 20.8 Å². The van der Waals surface area contributed by atoms with Gasteiger partial charge in [-0.15, -0.1) is 0 Å². The summed E-state index contributed by atoms with van der Waals surface area (Å²) >= 11 is 5.93. The fraction of sp³-hybridized carbons (Fsp3) is 0.435. The van der Waals surface area contributed by atoms with Crippen LogP contribution < -0.4 is 4.90 Å². The van der Waals surface area contributed by atoms with Crippen molar-refractivity contribution >= 4 is 29.1 Å². The van der Waals surface area contributed by atoms with E-state index in [1.807, 2.05) is 0 Å². The summed E-state index contributed by atoms with van der Waals surface area (Å²) in [5.41, 5.74) is 0.350. The minimum atomic E-state index is -1.13. The largest absolute Gasteiger partial charge is 0.464 e. The fourth-order valence-corrected chi connectivity index (χ4v) is 4.49. The predicted molar refractivity (Wildman–Crippen MR) is 113 cm³/mol. The Morgan fingerprint density at radius 1 is 1.13 bits per heavy atom. The molecule has 0 radical (unpaired) electrons. The Labute approximate surface area is 185 Å². The highest BCUT2D eigenvalue weighted by Gasteiger charge is 2.52. The van der Waals surface area contributed by atoms with E-state index in [9.17, 15) is 14.4 Å². The number of quaternary nitrogens is 1. The van der Waals surface area contributed by atoms with Crippen LogP contribution in [0, 0.1) is 12.8 Å². The number of amides is 1. The van der Waals surface area contributed by atoms with Gasteiger partial charge >= 0.3 is 0 Å². The number of halogens is 1. The third-order valence-electron chi connectivity index (χ3n) is 6.00. The SMILES string of the molecule is Cc1ccc(C2C(C(=O)c3ccc(Cl)cc3)C(=O)C(=O)N2CCC[NH+]2CCOCC2)o1. The van der Waals surface area contributed by atoms with Crippen LogP contribution in [0.25, 0.3) is 0 Å². The number of carbonyl (C=O) groups excluding carboxylic acids is 3. The second kappa shape index (κ2) is 9.34. The van der Waals surface area contributed by atoms with E-state index < -0.39 is 29.4 Å². The molecule has 2 aromatic rings. The van der Waals surface area contributed by atoms with Gasteiger partial charge in [-0.2, -0.15) is 0 Å². The summed E-state index contributed by atoms with van der Waals surface area (Å²) in [6, 6.07) is 9.15. The zero-order chi connectivity index (χ0) is 22.0. The maximum absolute atomic E-state index is 13.3. The van der Waals surface area contributed by atoms with Gasteiger partial charge in [-0.3, -0.25) is 14.4 Å². The van der Waals surface area contributed by atoms with Crippen molar-refractivity contribution in [3.63, 3.8) is 0 Å². The van der Waals surface area contributed by atoms with Crippen molar-refractivity contribution in [1.29, 1.82) is 0 Å². The molecular formula is C23H26ClN2O5+. The third-order valence-corrected chi connectivity index (χ3v) is 6.25. The van der Waals surface area contributed by atoms with E-state index in [-0.39, 0.29) is 0 Å². The fourth-order valence-electron chi connectivity index (χ4n) is 4.36. The van der Waals surface area contributed by atoms with Gasteiger partial charge in [-0.1, -0.05) is 11.6 Å². The van der Waals surface area contributed by atoms with E-state index in [2.05, 4.69) is 0 Å². The molecule has 2 saturated heterocycles. The molecule has 2 fully saturated rings. The highest BCUT2D eigenvalue weighted by Crippen LogP contribution is 2.39.